The first kappa shape index (κ1) is 99.8. The lowest BCUT2D eigenvalue weighted by atomic mass is 14.0. The zero-order valence-electron chi connectivity index (χ0n) is 42.5. The maximum absolute atomic E-state index is 7.59. The molecule has 0 amide bonds. The van der Waals surface area contributed by atoms with E-state index in [0.29, 0.717) is 0 Å². The molecule has 0 aromatic heterocycles. The van der Waals surface area contributed by atoms with Crippen LogP contribution in [0, 0.1) is 0 Å². The normalized spacial score (nSPS) is 11.8. The van der Waals surface area contributed by atoms with Crippen LogP contribution in [0.3, 0.4) is 0 Å². The second kappa shape index (κ2) is 98.8. The monoisotopic (exact) mass is 1670 g/mol. The Hall–Kier alpha value is -4.16. The maximum atomic E-state index is 7.59. The van der Waals surface area contributed by atoms with Crippen LogP contribution in [0.15, 0.2) is 0 Å². The molecular formula is H2O104. The van der Waals surface area contributed by atoms with Crippen molar-refractivity contribution in [1.82, 2.24) is 0 Å². The minimum absolute atomic E-state index is 2.87. The molecule has 0 unspecified atom stereocenters. The smallest absolute Gasteiger partial charge is 0 e. The molecule has 2 N–H and O–H groups in total. The molecule has 0 saturated heterocycles. The highest BCUT2D eigenvalue weighted by Crippen LogP contribution is 2.03. The Morgan fingerprint density at radius 3 is 0.106 bits per heavy atom. The average Bonchev–Trinajstić information content (AvgIpc) is 3.68. The SMILES string of the molecule is OOOOOOOOOOOOOOOOOOOOOOOOOOOOOOOOOOOOOOOOOOOOOOOOOOOOOOOOOOOOOOOOOOOOOOOOOOOOOOOOOOOOOOOOOOOOOOOOOOOOOOOO. The summed E-state index contributed by atoms with van der Waals surface area (Å²) in [5, 5.41) is 369. The molecule has 104 heavy (non-hydrogen) atoms. The summed E-state index contributed by atoms with van der Waals surface area (Å²) in [5.74, 6) is 0. The van der Waals surface area contributed by atoms with E-state index in [1.165, 1.54) is 0 Å². The Bertz CT molecular complexity index is 1260. The lowest BCUT2D eigenvalue weighted by Gasteiger charge is -2.00. The summed E-state index contributed by atoms with van der Waals surface area (Å²) in [5.41, 5.74) is 0. The zero-order valence-corrected chi connectivity index (χ0v) is 42.5. The molecule has 0 fully saturated rings. The molecule has 0 heterocycles. The van der Waals surface area contributed by atoms with E-state index in [0.717, 1.165) is 0 Å². The quantitative estimate of drug-likeness (QED) is 0.0325. The van der Waals surface area contributed by atoms with Crippen LogP contribution in [-0.2, 0) is 514 Å². The fourth-order valence-electron chi connectivity index (χ4n) is 1.14. The van der Waals surface area contributed by atoms with Gasteiger partial charge in [-0.05, 0) is 80.6 Å². The van der Waals surface area contributed by atoms with Crippen molar-refractivity contribution in [3.8, 4) is 0 Å². The van der Waals surface area contributed by atoms with Gasteiger partial charge in [-0.15, -0.1) is 0 Å². The molecule has 0 spiro atoms. The van der Waals surface area contributed by atoms with E-state index < -0.39 is 0 Å². The molecule has 0 saturated carbocycles. The van der Waals surface area contributed by atoms with Gasteiger partial charge in [-0.25, -0.2) is 10.5 Å². The van der Waals surface area contributed by atoms with Crippen molar-refractivity contribution < 1.29 is 524 Å². The van der Waals surface area contributed by atoms with Crippen LogP contribution >= 0.6 is 0 Å². The fourth-order valence-corrected chi connectivity index (χ4v) is 1.14. The molecule has 0 aromatic carbocycles. The van der Waals surface area contributed by atoms with Gasteiger partial charge in [-0.3, -0.25) is 0 Å². The van der Waals surface area contributed by atoms with Gasteiger partial charge in [0.25, 0.3) is 0 Å². The highest BCUT2D eigenvalue weighted by atomic mass is 18.1. The molecule has 626 valence electrons. The summed E-state index contributed by atoms with van der Waals surface area (Å²) in [6.07, 6.45) is 0. The summed E-state index contributed by atoms with van der Waals surface area (Å²) in [6.45, 7) is 0. The van der Waals surface area contributed by atoms with E-state index >= 15 is 0 Å². The molecule has 0 bridgehead atoms. The third kappa shape index (κ3) is 97.8. The van der Waals surface area contributed by atoms with Crippen molar-refractivity contribution in [3.63, 3.8) is 0 Å². The largest absolute Gasteiger partial charge is 0.219 e. The maximum Gasteiger partial charge on any atom is 0 e. The number of rotatable bonds is 101. The number of hydrogen-bond donors (Lipinski definition) is 2. The Kier molecular flexibility index (Phi) is 94.9. The first-order valence-corrected chi connectivity index (χ1v) is 17.2. The summed E-state index contributed by atoms with van der Waals surface area (Å²) >= 11 is 0. The predicted octanol–water partition coefficient (Wildman–Crippen LogP) is -6.96. The predicted molar refractivity (Wildman–Crippen MR) is 116 cm³/mol. The van der Waals surface area contributed by atoms with Crippen molar-refractivity contribution >= 4 is 0 Å². The fraction of sp³-hybridized carbons (Fsp3) is 0. The topological polar surface area (TPSA) is 982 Å². The summed E-state index contributed by atoms with van der Waals surface area (Å²) in [4.78, 5) is 0. The van der Waals surface area contributed by atoms with Gasteiger partial charge >= 0.3 is 0 Å². The van der Waals surface area contributed by atoms with Crippen molar-refractivity contribution in [2.45, 2.75) is 0 Å². The molecule has 104 heteroatoms. The van der Waals surface area contributed by atoms with Gasteiger partial charge in [0, 0.05) is 433 Å². The van der Waals surface area contributed by atoms with E-state index in [-0.39, 0.29) is 0 Å². The highest BCUT2D eigenvalue weighted by Gasteiger charge is 2.10. The molecule has 0 atom stereocenters. The third-order valence-corrected chi connectivity index (χ3v) is 2.81. The second-order valence-electron chi connectivity index (χ2n) is 6.95. The van der Waals surface area contributed by atoms with Crippen LogP contribution in [0.2, 0.25) is 0 Å². The summed E-state index contributed by atoms with van der Waals surface area (Å²) in [7, 11) is 0. The lowest BCUT2D eigenvalue weighted by Crippen LogP contribution is -2.07. The van der Waals surface area contributed by atoms with Crippen molar-refractivity contribution in [1.29, 1.82) is 0 Å². The van der Waals surface area contributed by atoms with Gasteiger partial charge in [-0.1, -0.05) is 0 Å². The van der Waals surface area contributed by atoms with Gasteiger partial charge in [0.2, 0.25) is 0 Å². The molecule has 0 aromatic rings. The van der Waals surface area contributed by atoms with Crippen molar-refractivity contribution in [2.75, 3.05) is 0 Å². The molecule has 104 nitrogen and oxygen atoms in total. The lowest BCUT2D eigenvalue weighted by molar-refractivity contribution is -0.913. The van der Waals surface area contributed by atoms with Gasteiger partial charge in [0.15, 0.2) is 0 Å². The Labute approximate surface area is 526 Å². The number of hydrogen-bond acceptors (Lipinski definition) is 104. The molecule has 0 aliphatic carbocycles. The van der Waals surface area contributed by atoms with Crippen LogP contribution in [0.4, 0.5) is 0 Å². The highest BCUT2D eigenvalue weighted by molar-refractivity contribution is 3.18. The van der Waals surface area contributed by atoms with Crippen molar-refractivity contribution in [2.24, 2.45) is 0 Å². The zero-order chi connectivity index (χ0) is 74.1. The Balaban J connectivity index is 3.09. The Morgan fingerprint density at radius 1 is 0.0481 bits per heavy atom. The van der Waals surface area contributed by atoms with E-state index in [9.17, 15) is 0 Å². The molecule has 0 aliphatic rings. The summed E-state index contributed by atoms with van der Waals surface area (Å²) < 4.78 is 0. The van der Waals surface area contributed by atoms with E-state index in [2.05, 4.69) is 514 Å². The van der Waals surface area contributed by atoms with Crippen LogP contribution in [0.25, 0.3) is 0 Å². The first-order chi connectivity index (χ1) is 51.9. The van der Waals surface area contributed by atoms with E-state index in [1.807, 2.05) is 0 Å². The first-order valence-electron chi connectivity index (χ1n) is 17.2. The van der Waals surface area contributed by atoms with Gasteiger partial charge in [0.05, 0.1) is 0 Å². The van der Waals surface area contributed by atoms with Crippen LogP contribution in [0.1, 0.15) is 0 Å². The van der Waals surface area contributed by atoms with Gasteiger partial charge in [0.1, 0.15) is 0 Å². The second-order valence-corrected chi connectivity index (χ2v) is 6.95. The molecular weight excluding hydrogens is 1660 g/mol. The molecule has 0 radical (unpaired) electrons. The minimum atomic E-state index is 2.87. The molecule has 0 rings (SSSR count). The molecule has 0 aliphatic heterocycles. The minimum Gasteiger partial charge on any atom is -0.219 e. The van der Waals surface area contributed by atoms with Crippen LogP contribution in [-0.4, -0.2) is 10.5 Å². The van der Waals surface area contributed by atoms with Crippen LogP contribution < -0.4 is 0 Å². The van der Waals surface area contributed by atoms with Crippen molar-refractivity contribution in [3.05, 3.63) is 0 Å². The van der Waals surface area contributed by atoms with E-state index in [1.54, 1.807) is 0 Å². The average molecular weight is 1670 g/mol. The standard InChI is InChI=1S/H2O104/c1-3-5-7-9-11-13-15-17-19-21-23-25-27-29-31-33-35-37-39-41-43-45-47-49-51-53-55-57-59-61-63-65-67-69-71-73-75-77-79-81-83-85-87-89-91-93-95-97-99-101-103-104-102-100-98-96-94-92-90-88-86-84-82-80-78-76-74-72-70-68-66-64-62-60-58-56-54-52-50-48-46-44-42-40-38-36-34-32-30-28-26-24-22-20-18-16-14-12-10-8-6-4-2/h1-2H. The van der Waals surface area contributed by atoms with E-state index in [4.69, 9.17) is 10.5 Å². The Morgan fingerprint density at radius 2 is 0.0769 bits per heavy atom. The third-order valence-electron chi connectivity index (χ3n) is 2.81. The van der Waals surface area contributed by atoms with Crippen LogP contribution in [0.5, 0.6) is 0 Å². The van der Waals surface area contributed by atoms with Gasteiger partial charge < -0.3 is 0 Å². The summed E-state index contributed by atoms with van der Waals surface area (Å²) in [6, 6.07) is 0. The van der Waals surface area contributed by atoms with Gasteiger partial charge in [-0.2, -0.15) is 0 Å².